The number of carbonyl (C=O) groups is 2. The SMILES string of the molecule is O=C(O)C1=CC2Nc3ccccc3C(=O)C2C=C1. The second-order valence-electron chi connectivity index (χ2n) is 4.39. The molecule has 1 aromatic rings. The zero-order chi connectivity index (χ0) is 12.7. The van der Waals surface area contributed by atoms with Gasteiger partial charge in [-0.3, -0.25) is 4.79 Å². The van der Waals surface area contributed by atoms with E-state index in [2.05, 4.69) is 5.32 Å². The second-order valence-corrected chi connectivity index (χ2v) is 4.39. The van der Waals surface area contributed by atoms with Gasteiger partial charge in [-0.05, 0) is 18.2 Å². The number of ketones is 1. The Bertz CT molecular complexity index is 601. The van der Waals surface area contributed by atoms with Crippen LogP contribution >= 0.6 is 0 Å². The van der Waals surface area contributed by atoms with Crippen molar-refractivity contribution in [2.45, 2.75) is 6.04 Å². The Morgan fingerprint density at radius 1 is 1.28 bits per heavy atom. The predicted molar refractivity (Wildman–Crippen MR) is 66.5 cm³/mol. The van der Waals surface area contributed by atoms with E-state index >= 15 is 0 Å². The average Bonchev–Trinajstić information content (AvgIpc) is 2.38. The minimum Gasteiger partial charge on any atom is -0.478 e. The van der Waals surface area contributed by atoms with E-state index in [0.717, 1.165) is 5.69 Å². The number of hydrogen-bond donors (Lipinski definition) is 2. The summed E-state index contributed by atoms with van der Waals surface area (Å²) in [5.74, 6) is -1.26. The van der Waals surface area contributed by atoms with Crippen molar-refractivity contribution in [1.82, 2.24) is 0 Å². The van der Waals surface area contributed by atoms with Gasteiger partial charge in [-0.15, -0.1) is 0 Å². The van der Waals surface area contributed by atoms with Crippen LogP contribution < -0.4 is 5.32 Å². The van der Waals surface area contributed by atoms with E-state index in [1.807, 2.05) is 18.2 Å². The highest BCUT2D eigenvalue weighted by molar-refractivity contribution is 6.07. The van der Waals surface area contributed by atoms with E-state index in [4.69, 9.17) is 5.11 Å². The molecule has 1 aliphatic heterocycles. The second kappa shape index (κ2) is 3.84. The van der Waals surface area contributed by atoms with Crippen molar-refractivity contribution in [2.24, 2.45) is 5.92 Å². The maximum absolute atomic E-state index is 12.3. The average molecular weight is 241 g/mol. The first-order chi connectivity index (χ1) is 8.66. The zero-order valence-corrected chi connectivity index (χ0v) is 9.46. The molecule has 2 aliphatic rings. The normalized spacial score (nSPS) is 24.7. The first-order valence-corrected chi connectivity index (χ1v) is 5.70. The molecule has 0 aromatic heterocycles. The summed E-state index contributed by atoms with van der Waals surface area (Å²) in [6.45, 7) is 0. The number of nitrogens with one attached hydrogen (secondary N) is 1. The highest BCUT2D eigenvalue weighted by atomic mass is 16.4. The topological polar surface area (TPSA) is 66.4 Å². The molecular formula is C14H11NO3. The van der Waals surface area contributed by atoms with E-state index in [0.29, 0.717) is 5.56 Å². The number of fused-ring (bicyclic) bond motifs is 2. The van der Waals surface area contributed by atoms with E-state index < -0.39 is 5.97 Å². The smallest absolute Gasteiger partial charge is 0.335 e. The molecule has 90 valence electrons. The van der Waals surface area contributed by atoms with Gasteiger partial charge in [0.05, 0.1) is 17.5 Å². The monoisotopic (exact) mass is 241 g/mol. The van der Waals surface area contributed by atoms with Gasteiger partial charge in [0, 0.05) is 11.3 Å². The summed E-state index contributed by atoms with van der Waals surface area (Å²) in [4.78, 5) is 23.2. The van der Waals surface area contributed by atoms with Crippen LogP contribution in [0.1, 0.15) is 10.4 Å². The van der Waals surface area contributed by atoms with Gasteiger partial charge in [-0.25, -0.2) is 4.79 Å². The van der Waals surface area contributed by atoms with Crippen LogP contribution in [-0.4, -0.2) is 22.9 Å². The molecule has 0 bridgehead atoms. The fourth-order valence-electron chi connectivity index (χ4n) is 2.39. The van der Waals surface area contributed by atoms with E-state index in [9.17, 15) is 9.59 Å². The quantitative estimate of drug-likeness (QED) is 0.787. The molecule has 0 saturated carbocycles. The van der Waals surface area contributed by atoms with Crippen LogP contribution in [0.15, 0.2) is 48.1 Å². The number of rotatable bonds is 1. The van der Waals surface area contributed by atoms with Crippen LogP contribution in [0, 0.1) is 5.92 Å². The highest BCUT2D eigenvalue weighted by Crippen LogP contribution is 2.32. The predicted octanol–water partition coefficient (Wildman–Crippen LogP) is 1.86. The Hall–Kier alpha value is -2.36. The molecule has 1 heterocycles. The van der Waals surface area contributed by atoms with Gasteiger partial charge < -0.3 is 10.4 Å². The minimum absolute atomic E-state index is 0.0336. The summed E-state index contributed by atoms with van der Waals surface area (Å²) in [6.07, 6.45) is 4.76. The molecule has 1 aromatic carbocycles. The van der Waals surface area contributed by atoms with Crippen molar-refractivity contribution in [2.75, 3.05) is 5.32 Å². The highest BCUT2D eigenvalue weighted by Gasteiger charge is 2.34. The number of carboxylic acids is 1. The number of carbonyl (C=O) groups excluding carboxylic acids is 1. The lowest BCUT2D eigenvalue weighted by Crippen LogP contribution is -2.39. The first kappa shape index (κ1) is 10.8. The Morgan fingerprint density at radius 2 is 2.06 bits per heavy atom. The molecule has 4 heteroatoms. The van der Waals surface area contributed by atoms with Crippen molar-refractivity contribution in [1.29, 1.82) is 0 Å². The van der Waals surface area contributed by atoms with E-state index in [1.54, 1.807) is 18.2 Å². The van der Waals surface area contributed by atoms with Crippen molar-refractivity contribution >= 4 is 17.4 Å². The molecule has 2 atom stereocenters. The first-order valence-electron chi connectivity index (χ1n) is 5.70. The largest absolute Gasteiger partial charge is 0.478 e. The molecular weight excluding hydrogens is 230 g/mol. The summed E-state index contributed by atoms with van der Waals surface area (Å²) < 4.78 is 0. The standard InChI is InChI=1S/C14H11NO3/c16-13-9-3-1-2-4-11(9)15-12-7-8(14(17)18)5-6-10(12)13/h1-7,10,12,15H,(H,17,18). The molecule has 2 N–H and O–H groups in total. The molecule has 2 unspecified atom stereocenters. The molecule has 0 fully saturated rings. The Kier molecular flexibility index (Phi) is 2.30. The third-order valence-corrected chi connectivity index (χ3v) is 3.29. The summed E-state index contributed by atoms with van der Waals surface area (Å²) in [5.41, 5.74) is 1.64. The van der Waals surface area contributed by atoms with Gasteiger partial charge in [0.15, 0.2) is 5.78 Å². The van der Waals surface area contributed by atoms with Gasteiger partial charge in [0.1, 0.15) is 0 Å². The maximum Gasteiger partial charge on any atom is 0.335 e. The maximum atomic E-state index is 12.3. The van der Waals surface area contributed by atoms with Crippen molar-refractivity contribution in [3.05, 3.63) is 53.6 Å². The van der Waals surface area contributed by atoms with Crippen LogP contribution in [0.4, 0.5) is 5.69 Å². The lowest BCUT2D eigenvalue weighted by molar-refractivity contribution is -0.132. The number of Topliss-reactive ketones (excluding diaryl/α,β-unsaturated/α-hetero) is 1. The summed E-state index contributed by atoms with van der Waals surface area (Å²) in [5, 5.41) is 12.2. The number of anilines is 1. The molecule has 18 heavy (non-hydrogen) atoms. The van der Waals surface area contributed by atoms with E-state index in [1.165, 1.54) is 6.08 Å². The van der Waals surface area contributed by atoms with Gasteiger partial charge in [-0.2, -0.15) is 0 Å². The molecule has 0 radical (unpaired) electrons. The van der Waals surface area contributed by atoms with E-state index in [-0.39, 0.29) is 23.3 Å². The lowest BCUT2D eigenvalue weighted by atomic mass is 9.82. The van der Waals surface area contributed by atoms with Gasteiger partial charge >= 0.3 is 5.97 Å². The fourth-order valence-corrected chi connectivity index (χ4v) is 2.39. The van der Waals surface area contributed by atoms with Crippen LogP contribution in [-0.2, 0) is 4.79 Å². The molecule has 1 aliphatic carbocycles. The van der Waals surface area contributed by atoms with Gasteiger partial charge in [0.2, 0.25) is 0 Å². The summed E-state index contributed by atoms with van der Waals surface area (Å²) in [7, 11) is 0. The molecule has 0 saturated heterocycles. The van der Waals surface area contributed by atoms with Crippen LogP contribution in [0.3, 0.4) is 0 Å². The lowest BCUT2D eigenvalue weighted by Gasteiger charge is -2.32. The Labute approximate surface area is 104 Å². The summed E-state index contributed by atoms with van der Waals surface area (Å²) in [6, 6.07) is 7.01. The van der Waals surface area contributed by atoms with Gasteiger partial charge in [0.25, 0.3) is 0 Å². The number of carboxylic acid groups (broad SMARTS) is 1. The van der Waals surface area contributed by atoms with Gasteiger partial charge in [-0.1, -0.05) is 24.3 Å². The van der Waals surface area contributed by atoms with Crippen LogP contribution in [0.2, 0.25) is 0 Å². The molecule has 3 rings (SSSR count). The Balaban J connectivity index is 2.03. The van der Waals surface area contributed by atoms with Crippen LogP contribution in [0.25, 0.3) is 0 Å². The summed E-state index contributed by atoms with van der Waals surface area (Å²) >= 11 is 0. The third kappa shape index (κ3) is 1.54. The molecule has 4 nitrogen and oxygen atoms in total. The minimum atomic E-state index is -0.974. The fraction of sp³-hybridized carbons (Fsp3) is 0.143. The van der Waals surface area contributed by atoms with Crippen molar-refractivity contribution < 1.29 is 14.7 Å². The molecule has 0 amide bonds. The van der Waals surface area contributed by atoms with Crippen molar-refractivity contribution in [3.8, 4) is 0 Å². The molecule has 0 spiro atoms. The third-order valence-electron chi connectivity index (χ3n) is 3.29. The zero-order valence-electron chi connectivity index (χ0n) is 9.46. The Morgan fingerprint density at radius 3 is 2.83 bits per heavy atom. The number of hydrogen-bond acceptors (Lipinski definition) is 3. The number of benzene rings is 1. The van der Waals surface area contributed by atoms with Crippen molar-refractivity contribution in [3.63, 3.8) is 0 Å². The number of para-hydroxylation sites is 1. The number of aliphatic carboxylic acids is 1. The van der Waals surface area contributed by atoms with Crippen LogP contribution in [0.5, 0.6) is 0 Å².